The molecule has 2 aliphatic heterocycles. The molecule has 164 valence electrons. The van der Waals surface area contributed by atoms with E-state index in [9.17, 15) is 14.9 Å². The summed E-state index contributed by atoms with van der Waals surface area (Å²) in [4.78, 5) is 26.2. The molecule has 0 aromatic heterocycles. The van der Waals surface area contributed by atoms with E-state index in [2.05, 4.69) is 16.7 Å². The number of para-hydroxylation sites is 1. The number of fused-ring (bicyclic) bond motifs is 9. The number of nitrogens with one attached hydrogen (secondary N) is 2. The van der Waals surface area contributed by atoms with Crippen molar-refractivity contribution in [2.75, 3.05) is 13.2 Å². The van der Waals surface area contributed by atoms with Crippen LogP contribution in [-0.2, 0) is 11.2 Å². The van der Waals surface area contributed by atoms with E-state index in [0.717, 1.165) is 16.9 Å². The van der Waals surface area contributed by atoms with E-state index in [4.69, 9.17) is 9.47 Å². The van der Waals surface area contributed by atoms with E-state index < -0.39 is 17.5 Å². The van der Waals surface area contributed by atoms with Gasteiger partial charge in [-0.05, 0) is 61.2 Å². The lowest BCUT2D eigenvalue weighted by molar-refractivity contribution is -0.123. The monoisotopic (exact) mass is 431 g/mol. The summed E-state index contributed by atoms with van der Waals surface area (Å²) < 4.78 is 11.6. The van der Waals surface area contributed by atoms with Crippen LogP contribution in [0.25, 0.3) is 0 Å². The van der Waals surface area contributed by atoms with Gasteiger partial charge in [-0.3, -0.25) is 9.59 Å². The van der Waals surface area contributed by atoms with Crippen molar-refractivity contribution in [2.24, 2.45) is 0 Å². The van der Waals surface area contributed by atoms with Crippen molar-refractivity contribution >= 4 is 11.8 Å². The second kappa shape index (κ2) is 9.15. The summed E-state index contributed by atoms with van der Waals surface area (Å²) in [6.45, 7) is 2.61. The van der Waals surface area contributed by atoms with Gasteiger partial charge in [-0.2, -0.15) is 5.26 Å². The van der Waals surface area contributed by atoms with Crippen LogP contribution in [0.3, 0.4) is 0 Å². The van der Waals surface area contributed by atoms with E-state index in [1.807, 2.05) is 37.3 Å². The summed E-state index contributed by atoms with van der Waals surface area (Å²) in [7, 11) is 0. The Balaban J connectivity index is 1.65. The Hall–Kier alpha value is -3.79. The molecule has 2 aromatic carbocycles. The summed E-state index contributed by atoms with van der Waals surface area (Å²) in [6.07, 6.45) is 5.21. The SMILES string of the molecule is Cc1cc2ccc1OCC=CCOc1ccccc1C(=O)NC(C(=O)NC1(C#N)CC1)C2. The van der Waals surface area contributed by atoms with Crippen LogP contribution in [0, 0.1) is 18.3 Å². The van der Waals surface area contributed by atoms with Crippen LogP contribution in [0.1, 0.15) is 34.3 Å². The van der Waals surface area contributed by atoms with Gasteiger partial charge in [0.1, 0.15) is 36.3 Å². The maximum Gasteiger partial charge on any atom is 0.255 e. The number of amides is 2. The van der Waals surface area contributed by atoms with Gasteiger partial charge in [-0.1, -0.05) is 24.3 Å². The molecule has 2 N–H and O–H groups in total. The number of nitrogens with zero attached hydrogens (tertiary/aromatic N) is 1. The largest absolute Gasteiger partial charge is 0.489 e. The third-order valence-corrected chi connectivity index (χ3v) is 5.60. The molecule has 2 amide bonds. The Kier molecular flexibility index (Phi) is 6.13. The van der Waals surface area contributed by atoms with Gasteiger partial charge in [0, 0.05) is 6.42 Å². The zero-order valence-corrected chi connectivity index (χ0v) is 17.9. The molecule has 32 heavy (non-hydrogen) atoms. The molecule has 1 aliphatic carbocycles. The van der Waals surface area contributed by atoms with Crippen molar-refractivity contribution in [3.63, 3.8) is 0 Å². The lowest BCUT2D eigenvalue weighted by Crippen LogP contribution is -2.51. The first kappa shape index (κ1) is 21.4. The van der Waals surface area contributed by atoms with E-state index in [1.165, 1.54) is 0 Å². The molecule has 0 saturated heterocycles. The third-order valence-electron chi connectivity index (χ3n) is 5.60. The Labute approximate surface area is 187 Å². The molecule has 0 radical (unpaired) electrons. The van der Waals surface area contributed by atoms with Crippen LogP contribution >= 0.6 is 0 Å². The van der Waals surface area contributed by atoms with E-state index in [0.29, 0.717) is 30.8 Å². The quantitative estimate of drug-likeness (QED) is 0.713. The van der Waals surface area contributed by atoms with Gasteiger partial charge in [-0.15, -0.1) is 0 Å². The first-order valence-electron chi connectivity index (χ1n) is 10.6. The average molecular weight is 431 g/mol. The standard InChI is InChI=1S/C25H25N3O4/c1-17-14-18-8-9-21(17)31-12-4-5-13-32-22-7-3-2-6-19(22)23(29)27-20(15-18)24(30)28-25(16-26)10-11-25/h2-9,14,20H,10-13,15H2,1H3,(H,27,29)(H,28,30). The molecule has 2 aromatic rings. The fourth-order valence-electron chi connectivity index (χ4n) is 3.59. The van der Waals surface area contributed by atoms with Crippen LogP contribution in [-0.4, -0.2) is 36.6 Å². The predicted octanol–water partition coefficient (Wildman–Crippen LogP) is 2.84. The average Bonchev–Trinajstić information content (AvgIpc) is 3.56. The number of rotatable bonds is 2. The first-order valence-corrected chi connectivity index (χ1v) is 10.6. The first-order chi connectivity index (χ1) is 15.5. The van der Waals surface area contributed by atoms with Crippen LogP contribution in [0.4, 0.5) is 0 Å². The molecule has 3 aliphatic rings. The zero-order valence-electron chi connectivity index (χ0n) is 17.9. The van der Waals surface area contributed by atoms with Crippen LogP contribution < -0.4 is 20.1 Å². The number of hydrogen-bond donors (Lipinski definition) is 2. The van der Waals surface area contributed by atoms with E-state index in [1.54, 1.807) is 24.3 Å². The summed E-state index contributed by atoms with van der Waals surface area (Å²) in [6, 6.07) is 13.9. The maximum atomic E-state index is 13.1. The minimum atomic E-state index is -0.847. The molecular weight excluding hydrogens is 406 g/mol. The molecule has 1 saturated carbocycles. The highest BCUT2D eigenvalue weighted by molar-refractivity contribution is 6.00. The van der Waals surface area contributed by atoms with Gasteiger partial charge in [0.2, 0.25) is 5.91 Å². The molecule has 0 spiro atoms. The molecule has 1 fully saturated rings. The highest BCUT2D eigenvalue weighted by atomic mass is 16.5. The highest BCUT2D eigenvalue weighted by Gasteiger charge is 2.45. The second-order valence-electron chi connectivity index (χ2n) is 8.10. The highest BCUT2D eigenvalue weighted by Crippen LogP contribution is 2.34. The number of carbonyl (C=O) groups excluding carboxylic acids is 2. The minimum absolute atomic E-state index is 0.278. The lowest BCUT2D eigenvalue weighted by Gasteiger charge is -2.21. The summed E-state index contributed by atoms with van der Waals surface area (Å²) in [5, 5.41) is 15.0. The van der Waals surface area contributed by atoms with Crippen molar-refractivity contribution < 1.29 is 19.1 Å². The Bertz CT molecular complexity index is 1100. The summed E-state index contributed by atoms with van der Waals surface area (Å²) in [5.74, 6) is 0.396. The fourth-order valence-corrected chi connectivity index (χ4v) is 3.59. The summed E-state index contributed by atoms with van der Waals surface area (Å²) in [5.41, 5.74) is 1.34. The topological polar surface area (TPSA) is 100 Å². The Morgan fingerprint density at radius 3 is 2.53 bits per heavy atom. The predicted molar refractivity (Wildman–Crippen MR) is 118 cm³/mol. The molecule has 1 unspecified atom stereocenters. The number of aryl methyl sites for hydroxylation is 1. The number of ether oxygens (including phenoxy) is 2. The maximum absolute atomic E-state index is 13.1. The normalized spacial score (nSPS) is 19.5. The molecular formula is C25H25N3O4. The number of hydrogen-bond acceptors (Lipinski definition) is 5. The number of nitriles is 1. The van der Waals surface area contributed by atoms with Crippen LogP contribution in [0.2, 0.25) is 0 Å². The Morgan fingerprint density at radius 1 is 1.12 bits per heavy atom. The fraction of sp³-hybridized carbons (Fsp3) is 0.320. The van der Waals surface area contributed by atoms with Crippen molar-refractivity contribution in [3.05, 3.63) is 71.3 Å². The molecule has 1 atom stereocenters. The smallest absolute Gasteiger partial charge is 0.255 e. The molecule has 7 nitrogen and oxygen atoms in total. The van der Waals surface area contributed by atoms with Crippen molar-refractivity contribution in [3.8, 4) is 17.6 Å². The zero-order chi connectivity index (χ0) is 22.6. The van der Waals surface area contributed by atoms with Gasteiger partial charge in [0.25, 0.3) is 5.91 Å². The molecule has 2 bridgehead atoms. The van der Waals surface area contributed by atoms with Gasteiger partial charge in [-0.25, -0.2) is 0 Å². The second-order valence-corrected chi connectivity index (χ2v) is 8.10. The van der Waals surface area contributed by atoms with Crippen molar-refractivity contribution in [1.82, 2.24) is 10.6 Å². The van der Waals surface area contributed by atoms with Gasteiger partial charge in [0.15, 0.2) is 0 Å². The van der Waals surface area contributed by atoms with E-state index >= 15 is 0 Å². The Morgan fingerprint density at radius 2 is 1.84 bits per heavy atom. The van der Waals surface area contributed by atoms with Crippen molar-refractivity contribution in [2.45, 2.75) is 37.8 Å². The van der Waals surface area contributed by atoms with E-state index in [-0.39, 0.29) is 18.9 Å². The van der Waals surface area contributed by atoms with Gasteiger partial charge in [0.05, 0.1) is 11.6 Å². The van der Waals surface area contributed by atoms with Gasteiger partial charge < -0.3 is 20.1 Å². The van der Waals surface area contributed by atoms with Gasteiger partial charge >= 0.3 is 0 Å². The molecule has 2 heterocycles. The molecule has 7 heteroatoms. The van der Waals surface area contributed by atoms with Crippen LogP contribution in [0.5, 0.6) is 11.5 Å². The summed E-state index contributed by atoms with van der Waals surface area (Å²) >= 11 is 0. The van der Waals surface area contributed by atoms with Crippen molar-refractivity contribution in [1.29, 1.82) is 5.26 Å². The minimum Gasteiger partial charge on any atom is -0.489 e. The number of carbonyl (C=O) groups is 2. The number of benzene rings is 2. The lowest BCUT2D eigenvalue weighted by atomic mass is 10.0. The molecule has 5 rings (SSSR count). The third kappa shape index (κ3) is 4.92. The van der Waals surface area contributed by atoms with Crippen LogP contribution in [0.15, 0.2) is 54.6 Å².